The summed E-state index contributed by atoms with van der Waals surface area (Å²) >= 11 is 0. The number of aromatic nitrogens is 3. The maximum absolute atomic E-state index is 5.63. The summed E-state index contributed by atoms with van der Waals surface area (Å²) in [4.78, 5) is 10.5. The predicted molar refractivity (Wildman–Crippen MR) is 218 cm³/mol. The molecule has 0 radical (unpaired) electrons. The van der Waals surface area contributed by atoms with Gasteiger partial charge in [0.1, 0.15) is 5.82 Å². The number of benzene rings is 5. The number of para-hydroxylation sites is 1. The topological polar surface area (TPSA) is 30.7 Å². The van der Waals surface area contributed by atoms with Gasteiger partial charge in [-0.3, -0.25) is 4.98 Å². The van der Waals surface area contributed by atoms with Crippen molar-refractivity contribution in [2.24, 2.45) is 0 Å². The Kier molecular flexibility index (Phi) is 7.66. The molecule has 0 amide bonds. The molecule has 10 rings (SSSR count). The minimum absolute atomic E-state index is 0. The maximum atomic E-state index is 5.63. The van der Waals surface area contributed by atoms with Crippen molar-refractivity contribution in [3.05, 3.63) is 173 Å². The maximum Gasteiger partial charge on any atom is 2.00 e. The normalized spacial score (nSPS) is 13.8. The average molecular weight is 879 g/mol. The van der Waals surface area contributed by atoms with E-state index in [1.807, 2.05) is 19.1 Å². The smallest absolute Gasteiger partial charge is 0.313 e. The minimum atomic E-state index is -0.498. The van der Waals surface area contributed by atoms with Crippen molar-refractivity contribution >= 4 is 21.8 Å². The van der Waals surface area contributed by atoms with Crippen LogP contribution in [-0.2, 0) is 37.3 Å². The van der Waals surface area contributed by atoms with Gasteiger partial charge in [-0.25, -0.2) is 0 Å². The molecule has 3 nitrogen and oxygen atoms in total. The second-order valence-electron chi connectivity index (χ2n) is 16.9. The summed E-state index contributed by atoms with van der Waals surface area (Å²) in [6.07, 6.45) is 0. The second kappa shape index (κ2) is 11.9. The molecule has 3 heterocycles. The number of hydrogen-bond donors (Lipinski definition) is 0. The zero-order valence-electron chi connectivity index (χ0n) is 31.7. The first kappa shape index (κ1) is 34.6. The molecule has 2 aliphatic carbocycles. The summed E-state index contributed by atoms with van der Waals surface area (Å²) in [5.41, 5.74) is 17.0. The van der Waals surface area contributed by atoms with Crippen LogP contribution in [0.4, 0.5) is 0 Å². The largest absolute Gasteiger partial charge is 2.00 e. The summed E-state index contributed by atoms with van der Waals surface area (Å²) in [6, 6.07) is 52.0. The average Bonchev–Trinajstić information content (AvgIpc) is 3.74. The number of fused-ring (bicyclic) bond motifs is 13. The second-order valence-corrected chi connectivity index (χ2v) is 16.9. The van der Waals surface area contributed by atoms with Gasteiger partial charge in [0.15, 0.2) is 0 Å². The Labute approximate surface area is 332 Å². The molecular weight excluding hydrogens is 838 g/mol. The molecule has 0 fully saturated rings. The fraction of sp³-hybridized carbons (Fsp3) is 0.200. The van der Waals surface area contributed by atoms with Gasteiger partial charge in [0.05, 0.1) is 0 Å². The number of aryl methyl sites for hydroxylation is 1. The molecule has 0 aliphatic heterocycles. The molecule has 0 saturated heterocycles. The Bertz CT molecular complexity index is 2760. The van der Waals surface area contributed by atoms with Gasteiger partial charge in [-0.15, -0.1) is 59.2 Å². The van der Waals surface area contributed by atoms with Crippen molar-refractivity contribution in [2.45, 2.75) is 64.7 Å². The SMILES string of the molecule is Cc1cccc(-c2[c-]c3c(cc2)c2ccccc2n3-c2ccc3c(n2)-c2[c-]cccc2C32c3ccc(C(C)(C)C)cc3-c3cc(C(C)(C)C)ccc32)n1.[Pt+2]. The molecule has 8 aromatic rings. The van der Waals surface area contributed by atoms with E-state index < -0.39 is 5.41 Å². The van der Waals surface area contributed by atoms with E-state index in [0.717, 1.165) is 50.4 Å². The van der Waals surface area contributed by atoms with Crippen LogP contribution in [0.25, 0.3) is 61.3 Å². The number of pyridine rings is 2. The third kappa shape index (κ3) is 4.84. The molecule has 5 aromatic carbocycles. The Morgan fingerprint density at radius 2 is 1.30 bits per heavy atom. The summed E-state index contributed by atoms with van der Waals surface area (Å²) in [6.45, 7) is 15.9. The van der Waals surface area contributed by atoms with Gasteiger partial charge < -0.3 is 9.55 Å². The molecule has 266 valence electrons. The molecule has 2 aliphatic rings. The van der Waals surface area contributed by atoms with E-state index >= 15 is 0 Å². The molecule has 1 spiro atoms. The molecule has 0 unspecified atom stereocenters. The van der Waals surface area contributed by atoms with Crippen LogP contribution in [-0.4, -0.2) is 14.5 Å². The number of rotatable bonds is 2. The summed E-state index contributed by atoms with van der Waals surface area (Å²) in [5.74, 6) is 0.866. The first-order valence-corrected chi connectivity index (χ1v) is 18.7. The predicted octanol–water partition coefficient (Wildman–Crippen LogP) is 12.1. The van der Waals surface area contributed by atoms with Crippen molar-refractivity contribution < 1.29 is 21.1 Å². The summed E-state index contributed by atoms with van der Waals surface area (Å²) in [7, 11) is 0. The Morgan fingerprint density at radius 3 is 1.98 bits per heavy atom. The molecule has 4 heteroatoms. The standard InChI is InChI=1S/C50H41N3.Pt/c1-30-13-12-17-43(51-30)31-19-22-35-34-14-9-11-18-44(34)53(45(35)27-31)46-26-25-42-47(52-46)36-15-8-10-16-39(36)50(42)40-23-20-32(48(2,3)4)28-37(40)38-29-33(49(5,6)7)21-24-41(38)50;/h8-14,16-26,28-29H,1-7H3;/q-2;+2. The molecule has 0 N–H and O–H groups in total. The van der Waals surface area contributed by atoms with Crippen LogP contribution < -0.4 is 0 Å². The van der Waals surface area contributed by atoms with Crippen molar-refractivity contribution in [3.8, 4) is 39.5 Å². The fourth-order valence-corrected chi connectivity index (χ4v) is 8.98. The van der Waals surface area contributed by atoms with Crippen LogP contribution in [0.1, 0.15) is 80.6 Å². The van der Waals surface area contributed by atoms with Crippen molar-refractivity contribution in [3.63, 3.8) is 0 Å². The zero-order valence-corrected chi connectivity index (χ0v) is 34.0. The van der Waals surface area contributed by atoms with Gasteiger partial charge in [-0.1, -0.05) is 125 Å². The van der Waals surface area contributed by atoms with Crippen LogP contribution in [0.5, 0.6) is 0 Å². The number of hydrogen-bond acceptors (Lipinski definition) is 2. The van der Waals surface area contributed by atoms with Crippen LogP contribution in [0, 0.1) is 19.1 Å². The van der Waals surface area contributed by atoms with Gasteiger partial charge in [0.25, 0.3) is 0 Å². The fourth-order valence-electron chi connectivity index (χ4n) is 8.98. The minimum Gasteiger partial charge on any atom is -0.313 e. The van der Waals surface area contributed by atoms with Crippen molar-refractivity contribution in [2.75, 3.05) is 0 Å². The monoisotopic (exact) mass is 878 g/mol. The summed E-state index contributed by atoms with van der Waals surface area (Å²) < 4.78 is 2.28. The molecule has 54 heavy (non-hydrogen) atoms. The molecular formula is C50H41N3Pt. The Hall–Kier alpha value is -5.11. The van der Waals surface area contributed by atoms with E-state index in [4.69, 9.17) is 9.97 Å². The molecule has 0 atom stereocenters. The van der Waals surface area contributed by atoms with E-state index in [2.05, 4.69) is 167 Å². The van der Waals surface area contributed by atoms with E-state index in [0.29, 0.717) is 0 Å². The van der Waals surface area contributed by atoms with Crippen molar-refractivity contribution in [1.82, 2.24) is 14.5 Å². The number of nitrogens with zero attached hydrogens (tertiary/aromatic N) is 3. The Morgan fingerprint density at radius 1 is 0.611 bits per heavy atom. The van der Waals surface area contributed by atoms with Gasteiger partial charge >= 0.3 is 21.1 Å². The van der Waals surface area contributed by atoms with Crippen LogP contribution in [0.15, 0.2) is 121 Å². The van der Waals surface area contributed by atoms with Gasteiger partial charge in [0, 0.05) is 16.6 Å². The van der Waals surface area contributed by atoms with Gasteiger partial charge in [-0.2, -0.15) is 0 Å². The quantitative estimate of drug-likeness (QED) is 0.162. The third-order valence-corrected chi connectivity index (χ3v) is 11.6. The van der Waals surface area contributed by atoms with E-state index in [9.17, 15) is 0 Å². The molecule has 0 saturated carbocycles. The molecule has 3 aromatic heterocycles. The van der Waals surface area contributed by atoms with Crippen LogP contribution >= 0.6 is 0 Å². The first-order valence-electron chi connectivity index (χ1n) is 18.7. The first-order chi connectivity index (χ1) is 25.4. The van der Waals surface area contributed by atoms with Crippen LogP contribution in [0.3, 0.4) is 0 Å². The van der Waals surface area contributed by atoms with E-state index in [1.165, 1.54) is 49.9 Å². The van der Waals surface area contributed by atoms with Gasteiger partial charge in [0.2, 0.25) is 0 Å². The Balaban J connectivity index is 0.00000384. The van der Waals surface area contributed by atoms with E-state index in [1.54, 1.807) is 0 Å². The van der Waals surface area contributed by atoms with Gasteiger partial charge in [-0.05, 0) is 91.6 Å². The van der Waals surface area contributed by atoms with Crippen molar-refractivity contribution in [1.29, 1.82) is 0 Å². The summed E-state index contributed by atoms with van der Waals surface area (Å²) in [5, 5.41) is 2.32. The van der Waals surface area contributed by atoms with Crippen LogP contribution in [0.2, 0.25) is 0 Å². The third-order valence-electron chi connectivity index (χ3n) is 11.6. The molecule has 0 bridgehead atoms. The zero-order chi connectivity index (χ0) is 36.4. The van der Waals surface area contributed by atoms with E-state index in [-0.39, 0.29) is 31.9 Å².